The number of phenolic OH excluding ortho intramolecular Hbond substituents is 1. The first-order chi connectivity index (χ1) is 13.1. The summed E-state index contributed by atoms with van der Waals surface area (Å²) < 4.78 is 29.3. The zero-order chi connectivity index (χ0) is 21.1. The Morgan fingerprint density at radius 3 is 2.36 bits per heavy atom. The van der Waals surface area contributed by atoms with Crippen molar-refractivity contribution in [2.75, 3.05) is 7.11 Å². The molecule has 2 N–H and O–H groups in total. The first-order valence-corrected chi connectivity index (χ1v) is 8.90. The van der Waals surface area contributed by atoms with Gasteiger partial charge >= 0.3 is 5.69 Å². The number of ether oxygens (including phenoxy) is 1. The molecule has 12 nitrogen and oxygen atoms in total. The Morgan fingerprint density at radius 2 is 1.79 bits per heavy atom. The van der Waals surface area contributed by atoms with Crippen molar-refractivity contribution in [1.82, 2.24) is 4.83 Å². The van der Waals surface area contributed by atoms with Crippen LogP contribution in [0.25, 0.3) is 0 Å². The van der Waals surface area contributed by atoms with Crippen LogP contribution in [-0.2, 0) is 10.0 Å². The predicted molar refractivity (Wildman–Crippen MR) is 97.1 cm³/mol. The molecule has 2 aromatic carbocycles. The number of aromatic hydroxyl groups is 1. The van der Waals surface area contributed by atoms with Crippen molar-refractivity contribution in [3.05, 3.63) is 61.7 Å². The molecule has 0 unspecified atom stereocenters. The zero-order valence-electron chi connectivity index (χ0n) is 14.5. The van der Waals surface area contributed by atoms with E-state index in [1.807, 2.05) is 4.83 Å². The first-order valence-electron chi connectivity index (χ1n) is 7.42. The number of hydrazone groups is 1. The normalized spacial score (nSPS) is 11.4. The second kappa shape index (κ2) is 7.87. The van der Waals surface area contributed by atoms with Crippen LogP contribution in [0.4, 0.5) is 11.4 Å². The Morgan fingerprint density at radius 1 is 1.14 bits per heavy atom. The molecular formula is C15H14N4O8S. The highest BCUT2D eigenvalue weighted by atomic mass is 32.2. The summed E-state index contributed by atoms with van der Waals surface area (Å²) in [7, 11) is -3.03. The number of benzene rings is 2. The van der Waals surface area contributed by atoms with E-state index in [4.69, 9.17) is 4.74 Å². The zero-order valence-corrected chi connectivity index (χ0v) is 15.3. The maximum Gasteiger partial charge on any atom is 0.315 e. The molecule has 0 amide bonds. The van der Waals surface area contributed by atoms with Gasteiger partial charge in [-0.25, -0.2) is 4.83 Å². The van der Waals surface area contributed by atoms with Crippen molar-refractivity contribution in [2.24, 2.45) is 5.10 Å². The summed E-state index contributed by atoms with van der Waals surface area (Å²) in [6.07, 6.45) is 0.953. The van der Waals surface area contributed by atoms with Gasteiger partial charge in [0, 0.05) is 23.3 Å². The number of sulfonamides is 1. The van der Waals surface area contributed by atoms with Gasteiger partial charge in [-0.1, -0.05) is 6.07 Å². The quantitative estimate of drug-likeness (QED) is 0.395. The average molecular weight is 410 g/mol. The van der Waals surface area contributed by atoms with Gasteiger partial charge in [0.25, 0.3) is 15.7 Å². The molecule has 0 fully saturated rings. The van der Waals surface area contributed by atoms with Crippen molar-refractivity contribution in [3.63, 3.8) is 0 Å². The van der Waals surface area contributed by atoms with Crippen LogP contribution < -0.4 is 9.57 Å². The lowest BCUT2D eigenvalue weighted by Gasteiger charge is -2.06. The molecule has 0 aliphatic carbocycles. The highest BCUT2D eigenvalue weighted by molar-refractivity contribution is 7.89. The van der Waals surface area contributed by atoms with Crippen LogP contribution in [0.5, 0.6) is 11.5 Å². The number of rotatable bonds is 7. The maximum absolute atomic E-state index is 12.2. The van der Waals surface area contributed by atoms with E-state index in [-0.39, 0.29) is 27.5 Å². The molecule has 2 rings (SSSR count). The highest BCUT2D eigenvalue weighted by Gasteiger charge is 2.21. The second-order valence-electron chi connectivity index (χ2n) is 5.41. The summed E-state index contributed by atoms with van der Waals surface area (Å²) >= 11 is 0. The van der Waals surface area contributed by atoms with E-state index >= 15 is 0 Å². The van der Waals surface area contributed by atoms with E-state index in [9.17, 15) is 33.8 Å². The largest absolute Gasteiger partial charge is 0.500 e. The summed E-state index contributed by atoms with van der Waals surface area (Å²) in [4.78, 5) is 21.8. The number of hydrogen-bond acceptors (Lipinski definition) is 9. The number of nitrogens with one attached hydrogen (secondary N) is 1. The van der Waals surface area contributed by atoms with Crippen molar-refractivity contribution >= 4 is 27.6 Å². The molecule has 0 heterocycles. The molecule has 0 bridgehead atoms. The molecule has 13 heteroatoms. The molecule has 0 aliphatic rings. The molecule has 28 heavy (non-hydrogen) atoms. The number of methoxy groups -OCH3 is 1. The monoisotopic (exact) mass is 410 g/mol. The van der Waals surface area contributed by atoms with E-state index in [1.54, 1.807) is 0 Å². The Bertz CT molecular complexity index is 1080. The third kappa shape index (κ3) is 4.32. The third-order valence-electron chi connectivity index (χ3n) is 3.57. The minimum absolute atomic E-state index is 0.0685. The molecular weight excluding hydrogens is 396 g/mol. The fraction of sp³-hybridized carbons (Fsp3) is 0.133. The van der Waals surface area contributed by atoms with Crippen LogP contribution in [0, 0.1) is 27.2 Å². The van der Waals surface area contributed by atoms with Gasteiger partial charge in [-0.3, -0.25) is 20.2 Å². The molecule has 0 aromatic heterocycles. The van der Waals surface area contributed by atoms with E-state index in [2.05, 4.69) is 5.10 Å². The fourth-order valence-corrected chi connectivity index (χ4v) is 2.97. The minimum Gasteiger partial charge on any atom is -0.500 e. The van der Waals surface area contributed by atoms with Gasteiger partial charge in [0.05, 0.1) is 28.1 Å². The fourth-order valence-electron chi connectivity index (χ4n) is 2.16. The van der Waals surface area contributed by atoms with E-state index in [0.29, 0.717) is 0 Å². The van der Waals surface area contributed by atoms with E-state index < -0.39 is 31.3 Å². The SMILES string of the molecule is COc1cc(/C=N\NS(=O)(=O)c2ccc(C)c([N+](=O)[O-])c2)cc([N+](=O)[O-])c1O. The number of phenols is 1. The van der Waals surface area contributed by atoms with Crippen molar-refractivity contribution in [1.29, 1.82) is 0 Å². The Balaban J connectivity index is 2.31. The van der Waals surface area contributed by atoms with Crippen molar-refractivity contribution in [2.45, 2.75) is 11.8 Å². The lowest BCUT2D eigenvalue weighted by atomic mass is 10.2. The molecule has 148 valence electrons. The van der Waals surface area contributed by atoms with Gasteiger partial charge in [0.1, 0.15) is 0 Å². The molecule has 2 aromatic rings. The van der Waals surface area contributed by atoms with Crippen LogP contribution in [0.2, 0.25) is 0 Å². The van der Waals surface area contributed by atoms with Crippen LogP contribution >= 0.6 is 0 Å². The van der Waals surface area contributed by atoms with Crippen LogP contribution in [0.15, 0.2) is 40.3 Å². The summed E-state index contributed by atoms with van der Waals surface area (Å²) in [6, 6.07) is 5.52. The summed E-state index contributed by atoms with van der Waals surface area (Å²) in [6.45, 7) is 1.46. The maximum atomic E-state index is 12.2. The molecule has 0 atom stereocenters. The number of nitro groups is 2. The van der Waals surface area contributed by atoms with Gasteiger partial charge in [0.15, 0.2) is 5.75 Å². The van der Waals surface area contributed by atoms with Gasteiger partial charge in [-0.2, -0.15) is 13.5 Å². The minimum atomic E-state index is -4.22. The summed E-state index contributed by atoms with van der Waals surface area (Å²) in [5, 5.41) is 35.1. The third-order valence-corrected chi connectivity index (χ3v) is 4.79. The number of nitro benzene ring substituents is 2. The lowest BCUT2D eigenvalue weighted by molar-refractivity contribution is -0.386. The van der Waals surface area contributed by atoms with Gasteiger partial charge in [-0.05, 0) is 19.1 Å². The van der Waals surface area contributed by atoms with E-state index in [1.165, 1.54) is 32.2 Å². The van der Waals surface area contributed by atoms with Crippen LogP contribution in [0.3, 0.4) is 0 Å². The molecule has 0 saturated heterocycles. The predicted octanol–water partition coefficient (Wildman–Crippen LogP) is 1.84. The van der Waals surface area contributed by atoms with Gasteiger partial charge in [0.2, 0.25) is 5.75 Å². The lowest BCUT2D eigenvalue weighted by Crippen LogP contribution is -2.18. The summed E-state index contributed by atoms with van der Waals surface area (Å²) in [5.41, 5.74) is -0.668. The van der Waals surface area contributed by atoms with Crippen molar-refractivity contribution < 1.29 is 28.1 Å². The number of hydrogen-bond donors (Lipinski definition) is 2. The molecule has 0 saturated carbocycles. The molecule has 0 aliphatic heterocycles. The topological polar surface area (TPSA) is 174 Å². The average Bonchev–Trinajstić information content (AvgIpc) is 2.62. The first kappa shape index (κ1) is 20.6. The molecule has 0 spiro atoms. The number of nitrogens with zero attached hydrogens (tertiary/aromatic N) is 3. The Kier molecular flexibility index (Phi) is 5.78. The Hall–Kier alpha value is -3.74. The van der Waals surface area contributed by atoms with E-state index in [0.717, 1.165) is 18.3 Å². The smallest absolute Gasteiger partial charge is 0.315 e. The molecule has 0 radical (unpaired) electrons. The number of aryl methyl sites for hydroxylation is 1. The van der Waals surface area contributed by atoms with Crippen molar-refractivity contribution in [3.8, 4) is 11.5 Å². The Labute approximate surface area is 158 Å². The van der Waals surface area contributed by atoms with Crippen LogP contribution in [-0.4, -0.2) is 36.7 Å². The summed E-state index contributed by atoms with van der Waals surface area (Å²) in [5.74, 6) is -0.884. The second-order valence-corrected chi connectivity index (χ2v) is 7.07. The highest BCUT2D eigenvalue weighted by Crippen LogP contribution is 2.36. The van der Waals surface area contributed by atoms with Gasteiger partial charge in [-0.15, -0.1) is 0 Å². The standard InChI is InChI=1S/C15H14N4O8S/c1-9-3-4-11(7-12(9)18(21)22)28(25,26)17-16-8-10-5-13(19(23)24)15(20)14(6-10)27-2/h3-8,17,20H,1-2H3/b16-8-. The van der Waals surface area contributed by atoms with Crippen LogP contribution in [0.1, 0.15) is 11.1 Å². The van der Waals surface area contributed by atoms with Gasteiger partial charge < -0.3 is 9.84 Å².